The van der Waals surface area contributed by atoms with Gasteiger partial charge in [0.1, 0.15) is 5.75 Å². The maximum Gasteiger partial charge on any atom is 0.339 e. The lowest BCUT2D eigenvalue weighted by molar-refractivity contribution is -0.123. The SMILES string of the molecule is CC(C)(C)NC(=O)NC(=O)COC(=O)c1c2c(nc3ccccc13)C(=Cc1ccc(O)cc1)CC2. The molecule has 3 amide bonds. The number of rotatable bonds is 4. The number of aromatic hydroxyl groups is 1. The quantitative estimate of drug-likeness (QED) is 0.489. The summed E-state index contributed by atoms with van der Waals surface area (Å²) in [5, 5.41) is 15.0. The number of phenols is 1. The summed E-state index contributed by atoms with van der Waals surface area (Å²) < 4.78 is 5.31. The first-order valence-electron chi connectivity index (χ1n) is 11.3. The van der Waals surface area contributed by atoms with Crippen LogP contribution in [0.4, 0.5) is 4.79 Å². The molecule has 0 fully saturated rings. The van der Waals surface area contributed by atoms with E-state index in [1.807, 2.05) is 36.4 Å². The van der Waals surface area contributed by atoms with Gasteiger partial charge in [-0.05, 0) is 74.6 Å². The first-order chi connectivity index (χ1) is 16.6. The van der Waals surface area contributed by atoms with Crippen molar-refractivity contribution in [3.63, 3.8) is 0 Å². The Morgan fingerprint density at radius 2 is 1.77 bits per heavy atom. The Bertz CT molecular complexity index is 1340. The predicted molar refractivity (Wildman–Crippen MR) is 133 cm³/mol. The van der Waals surface area contributed by atoms with E-state index >= 15 is 0 Å². The second-order valence-electron chi connectivity index (χ2n) is 9.42. The number of amides is 3. The van der Waals surface area contributed by atoms with E-state index in [2.05, 4.69) is 10.6 Å². The Labute approximate surface area is 203 Å². The van der Waals surface area contributed by atoms with Gasteiger partial charge < -0.3 is 15.2 Å². The highest BCUT2D eigenvalue weighted by Crippen LogP contribution is 2.37. The van der Waals surface area contributed by atoms with Crippen LogP contribution >= 0.6 is 0 Å². The monoisotopic (exact) mass is 473 g/mol. The second-order valence-corrected chi connectivity index (χ2v) is 9.42. The van der Waals surface area contributed by atoms with E-state index in [0.717, 1.165) is 22.4 Å². The highest BCUT2D eigenvalue weighted by molar-refractivity contribution is 6.08. The number of aromatic nitrogens is 1. The number of allylic oxidation sites excluding steroid dienone is 1. The number of ether oxygens (including phenoxy) is 1. The minimum Gasteiger partial charge on any atom is -0.508 e. The van der Waals surface area contributed by atoms with Crippen molar-refractivity contribution in [2.24, 2.45) is 0 Å². The van der Waals surface area contributed by atoms with E-state index in [4.69, 9.17) is 9.72 Å². The molecule has 1 aromatic heterocycles. The lowest BCUT2D eigenvalue weighted by Gasteiger charge is -2.20. The van der Waals surface area contributed by atoms with E-state index in [1.54, 1.807) is 39.0 Å². The van der Waals surface area contributed by atoms with Crippen molar-refractivity contribution in [3.8, 4) is 5.75 Å². The summed E-state index contributed by atoms with van der Waals surface area (Å²) in [6, 6.07) is 13.5. The zero-order valence-electron chi connectivity index (χ0n) is 19.8. The van der Waals surface area contributed by atoms with Gasteiger partial charge in [0.05, 0.1) is 16.8 Å². The van der Waals surface area contributed by atoms with E-state index in [0.29, 0.717) is 29.3 Å². The molecular weight excluding hydrogens is 446 g/mol. The van der Waals surface area contributed by atoms with E-state index in [1.165, 1.54) is 0 Å². The Morgan fingerprint density at radius 1 is 1.06 bits per heavy atom. The maximum atomic E-state index is 13.2. The molecule has 0 atom stereocenters. The summed E-state index contributed by atoms with van der Waals surface area (Å²) in [6.07, 6.45) is 3.28. The lowest BCUT2D eigenvalue weighted by Crippen LogP contribution is -2.49. The molecule has 1 aliphatic rings. The van der Waals surface area contributed by atoms with Crippen LogP contribution in [0.3, 0.4) is 0 Å². The molecular formula is C27H27N3O5. The second kappa shape index (κ2) is 9.58. The molecule has 1 aliphatic carbocycles. The fourth-order valence-electron chi connectivity index (χ4n) is 4.02. The first kappa shape index (κ1) is 23.9. The molecule has 0 aliphatic heterocycles. The molecule has 0 spiro atoms. The summed E-state index contributed by atoms with van der Waals surface area (Å²) in [5.74, 6) is -1.17. The fraction of sp³-hybridized carbons (Fsp3) is 0.259. The number of benzene rings is 2. The van der Waals surface area contributed by atoms with Crippen LogP contribution in [0.5, 0.6) is 5.75 Å². The number of fused-ring (bicyclic) bond motifs is 2. The van der Waals surface area contributed by atoms with Crippen LogP contribution < -0.4 is 10.6 Å². The Hall–Kier alpha value is -4.20. The van der Waals surface area contributed by atoms with Gasteiger partial charge in [0.25, 0.3) is 5.91 Å². The number of carbonyl (C=O) groups is 3. The normalized spacial score (nSPS) is 14.0. The van der Waals surface area contributed by atoms with Gasteiger partial charge >= 0.3 is 12.0 Å². The van der Waals surface area contributed by atoms with Crippen molar-refractivity contribution in [3.05, 3.63) is 70.9 Å². The van der Waals surface area contributed by atoms with Gasteiger partial charge in [-0.1, -0.05) is 30.3 Å². The molecule has 0 unspecified atom stereocenters. The molecule has 0 bridgehead atoms. The third-order valence-electron chi connectivity index (χ3n) is 5.46. The summed E-state index contributed by atoms with van der Waals surface area (Å²) in [7, 11) is 0. The smallest absolute Gasteiger partial charge is 0.339 e. The van der Waals surface area contributed by atoms with E-state index < -0.39 is 30.1 Å². The van der Waals surface area contributed by atoms with Crippen LogP contribution in [-0.2, 0) is 16.0 Å². The average molecular weight is 474 g/mol. The molecule has 4 rings (SSSR count). The number of esters is 1. The van der Waals surface area contributed by atoms with Crippen LogP contribution in [0.1, 0.15) is 54.4 Å². The van der Waals surface area contributed by atoms with Crippen LogP contribution in [0.2, 0.25) is 0 Å². The van der Waals surface area contributed by atoms with Crippen LogP contribution in [0, 0.1) is 0 Å². The number of nitrogens with one attached hydrogen (secondary N) is 2. The molecule has 8 nitrogen and oxygen atoms in total. The first-order valence-corrected chi connectivity index (χ1v) is 11.3. The van der Waals surface area contributed by atoms with Gasteiger partial charge in [-0.15, -0.1) is 0 Å². The number of hydrogen-bond donors (Lipinski definition) is 3. The largest absolute Gasteiger partial charge is 0.508 e. The minimum absolute atomic E-state index is 0.188. The van der Waals surface area contributed by atoms with E-state index in [9.17, 15) is 19.5 Å². The standard InChI is InChI=1S/C27H27N3O5/c1-27(2,3)30-26(34)29-22(32)15-35-25(33)23-19-6-4-5-7-21(19)28-24-17(10-13-20(23)24)14-16-8-11-18(31)12-9-16/h4-9,11-12,14,31H,10,13,15H2,1-3H3,(H2,29,30,32,34). The highest BCUT2D eigenvalue weighted by Gasteiger charge is 2.28. The zero-order chi connectivity index (χ0) is 25.2. The molecule has 8 heteroatoms. The fourth-order valence-corrected chi connectivity index (χ4v) is 4.02. The molecule has 0 saturated heterocycles. The number of pyridine rings is 1. The molecule has 180 valence electrons. The Balaban J connectivity index is 1.59. The average Bonchev–Trinajstić information content (AvgIpc) is 3.18. The summed E-state index contributed by atoms with van der Waals surface area (Å²) in [6.45, 7) is 4.78. The third-order valence-corrected chi connectivity index (χ3v) is 5.46. The molecule has 1 heterocycles. The molecule has 3 N–H and O–H groups in total. The molecule has 3 aromatic rings. The van der Waals surface area contributed by atoms with Gasteiger partial charge in [0, 0.05) is 10.9 Å². The van der Waals surface area contributed by atoms with Gasteiger partial charge in [0.15, 0.2) is 6.61 Å². The van der Waals surface area contributed by atoms with Crippen molar-refractivity contribution < 1.29 is 24.2 Å². The van der Waals surface area contributed by atoms with Crippen molar-refractivity contribution in [1.82, 2.24) is 15.6 Å². The number of hydrogen-bond acceptors (Lipinski definition) is 6. The minimum atomic E-state index is -0.719. The van der Waals surface area contributed by atoms with Crippen molar-refractivity contribution >= 4 is 40.5 Å². The molecule has 35 heavy (non-hydrogen) atoms. The van der Waals surface area contributed by atoms with Crippen LogP contribution in [0.15, 0.2) is 48.5 Å². The third kappa shape index (κ3) is 5.66. The molecule has 2 aromatic carbocycles. The van der Waals surface area contributed by atoms with Crippen LogP contribution in [0.25, 0.3) is 22.6 Å². The lowest BCUT2D eigenvalue weighted by atomic mass is 10.0. The number of para-hydroxylation sites is 1. The number of imide groups is 1. The molecule has 0 saturated carbocycles. The number of urea groups is 1. The summed E-state index contributed by atoms with van der Waals surface area (Å²) in [5.41, 5.74) is 3.89. The Kier molecular flexibility index (Phi) is 6.55. The van der Waals surface area contributed by atoms with Crippen LogP contribution in [-0.4, -0.2) is 40.1 Å². The molecule has 0 radical (unpaired) electrons. The topological polar surface area (TPSA) is 118 Å². The maximum absolute atomic E-state index is 13.2. The summed E-state index contributed by atoms with van der Waals surface area (Å²) >= 11 is 0. The predicted octanol–water partition coefficient (Wildman–Crippen LogP) is 4.21. The number of nitrogens with zero attached hydrogens (tertiary/aromatic N) is 1. The number of carbonyl (C=O) groups excluding carboxylic acids is 3. The van der Waals surface area contributed by atoms with Crippen molar-refractivity contribution in [1.29, 1.82) is 0 Å². The number of phenolic OH excluding ortho intramolecular Hbond substituents is 1. The van der Waals surface area contributed by atoms with Gasteiger partial charge in [-0.3, -0.25) is 10.1 Å². The van der Waals surface area contributed by atoms with Gasteiger partial charge in [0.2, 0.25) is 0 Å². The highest BCUT2D eigenvalue weighted by atomic mass is 16.5. The van der Waals surface area contributed by atoms with Crippen molar-refractivity contribution in [2.75, 3.05) is 6.61 Å². The summed E-state index contributed by atoms with van der Waals surface area (Å²) in [4.78, 5) is 42.0. The van der Waals surface area contributed by atoms with E-state index in [-0.39, 0.29) is 5.75 Å². The van der Waals surface area contributed by atoms with Gasteiger partial charge in [-0.2, -0.15) is 0 Å². The van der Waals surface area contributed by atoms with Crippen molar-refractivity contribution in [2.45, 2.75) is 39.2 Å². The zero-order valence-corrected chi connectivity index (χ0v) is 19.8. The van der Waals surface area contributed by atoms with Gasteiger partial charge in [-0.25, -0.2) is 14.6 Å². The Morgan fingerprint density at radius 3 is 2.49 bits per heavy atom.